The molecule has 0 aliphatic rings. The molecule has 61 heteroatoms. The summed E-state index contributed by atoms with van der Waals surface area (Å²) in [6.07, 6.45) is 3.42. The Bertz CT molecular complexity index is 3340. The van der Waals surface area contributed by atoms with E-state index >= 15 is 0 Å². The first-order chi connectivity index (χ1) is 55.8. The Morgan fingerprint density at radius 1 is 0.0923 bits per heavy atom. The van der Waals surface area contributed by atoms with Gasteiger partial charge < -0.3 is 123 Å². The van der Waals surface area contributed by atoms with E-state index in [4.69, 9.17) is 123 Å². The maximum atomic E-state index is 7.04. The van der Waals surface area contributed by atoms with Crippen LogP contribution in [0.4, 0.5) is 0 Å². The normalized spacial score (nSPS) is 16.2. The lowest BCUT2D eigenvalue weighted by Gasteiger charge is -2.45. The smallest absolute Gasteiger partial charge is 0.314 e. The molecule has 0 heterocycles. The first-order valence-corrected chi connectivity index (χ1v) is 135. The van der Waals surface area contributed by atoms with E-state index in [1.807, 2.05) is 0 Å². The fraction of sp³-hybridized carbons (Fsp3) is 1.00. The van der Waals surface area contributed by atoms with Gasteiger partial charge in [0.15, 0.2) is 16.6 Å². The molecule has 30 nitrogen and oxygen atoms in total. The summed E-state index contributed by atoms with van der Waals surface area (Å²) in [7, 11) is -86.4. The molecule has 0 rings (SSSR count). The largest absolute Gasteiger partial charge is 0.436 e. The van der Waals surface area contributed by atoms with Crippen LogP contribution in [0.1, 0.15) is 33.1 Å². The zero-order valence-electron chi connectivity index (χ0n) is 95.3. The Kier molecular flexibility index (Phi) is 48.7. The van der Waals surface area contributed by atoms with Crippen LogP contribution >= 0.6 is 0 Å². The Morgan fingerprint density at radius 3 is 0.231 bits per heavy atom. The molecule has 0 aromatic carbocycles. The summed E-state index contributed by atoms with van der Waals surface area (Å²) in [4.78, 5) is 0. The molecule has 0 aromatic rings. The van der Waals surface area contributed by atoms with Crippen molar-refractivity contribution in [2.75, 3.05) is 0 Å². The topological polar surface area (TPSA) is 277 Å². The van der Waals surface area contributed by atoms with Gasteiger partial charge in [0.25, 0.3) is 0 Å². The highest BCUT2D eigenvalue weighted by atomic mass is 28.6. The lowest BCUT2D eigenvalue weighted by Crippen LogP contribution is -2.63. The van der Waals surface area contributed by atoms with Gasteiger partial charge in [0, 0.05) is 0 Å². The zero-order valence-corrected chi connectivity index (χ0v) is 126. The van der Waals surface area contributed by atoms with E-state index in [1.54, 1.807) is 0 Å². The Morgan fingerprint density at radius 2 is 0.162 bits per heavy atom. The van der Waals surface area contributed by atoms with E-state index in [1.165, 1.54) is 6.42 Å². The Balaban J connectivity index is 5.98. The van der Waals surface area contributed by atoms with Gasteiger partial charge in [-0.1, -0.05) is 33.1 Å². The van der Waals surface area contributed by atoms with E-state index in [9.17, 15) is 0 Å². The van der Waals surface area contributed by atoms with Gasteiger partial charge in [0.1, 0.15) is 0 Å². The van der Waals surface area contributed by atoms with Gasteiger partial charge in [-0.15, -0.1) is 0 Å². The average Bonchev–Trinajstić information content (AvgIpc) is 0.806. The van der Waals surface area contributed by atoms with Gasteiger partial charge >= 0.3 is 248 Å². The summed E-state index contributed by atoms with van der Waals surface area (Å²) in [6, 6.07) is 2.21. The molecule has 0 amide bonds. The van der Waals surface area contributed by atoms with Crippen LogP contribution in [0.2, 0.25) is 418 Å². The van der Waals surface area contributed by atoms with Crippen LogP contribution in [0, 0.1) is 0 Å². The van der Waals surface area contributed by atoms with E-state index in [0.717, 1.165) is 24.9 Å². The Hall–Kier alpha value is 5.52. The van der Waals surface area contributed by atoms with Crippen LogP contribution in [-0.2, 0) is 123 Å². The van der Waals surface area contributed by atoms with Crippen LogP contribution in [0.15, 0.2) is 0 Å². The molecule has 0 atom stereocenters. The van der Waals surface area contributed by atoms with Crippen molar-refractivity contribution in [1.82, 2.24) is 0 Å². The molecular weight excluding hydrogens is 2180 g/mol. The van der Waals surface area contributed by atoms with E-state index in [-0.39, 0.29) is 0 Å². The van der Waals surface area contributed by atoms with Gasteiger partial charge in [-0.2, -0.15) is 0 Å². The van der Waals surface area contributed by atoms with E-state index in [2.05, 4.69) is 420 Å². The lowest BCUT2D eigenvalue weighted by molar-refractivity contribution is 0.242. The molecule has 0 unspecified atom stereocenters. The van der Waals surface area contributed by atoms with Crippen LogP contribution in [0.5, 0.6) is 0 Å². The summed E-state index contributed by atoms with van der Waals surface area (Å²) < 4.78 is 209. The highest BCUT2D eigenvalue weighted by molar-refractivity contribution is 6.99. The molecular formula is C69H202O30Si31. The summed E-state index contributed by atoms with van der Waals surface area (Å²) >= 11 is 0. The first-order valence-electron chi connectivity index (χ1n) is 46.9. The van der Waals surface area contributed by atoms with Crippen molar-refractivity contribution in [2.45, 2.75) is 451 Å². The summed E-state index contributed by atoms with van der Waals surface area (Å²) in [5.74, 6) is 0. The molecule has 0 bridgehead atoms. The monoisotopic (exact) mass is 2380 g/mol. The predicted molar refractivity (Wildman–Crippen MR) is 609 cm³/mol. The van der Waals surface area contributed by atoms with Crippen molar-refractivity contribution >= 4 is 265 Å². The highest BCUT2D eigenvalue weighted by Gasteiger charge is 2.59. The van der Waals surface area contributed by atoms with Crippen LogP contribution < -0.4 is 0 Å². The minimum Gasteiger partial charge on any atom is -0.436 e. The number of hydrogen-bond donors (Lipinski definition) is 0. The molecule has 0 radical (unpaired) electrons. The second-order valence-electron chi connectivity index (χ2n) is 49.0. The third-order valence-electron chi connectivity index (χ3n) is 16.8. The van der Waals surface area contributed by atoms with Crippen molar-refractivity contribution in [3.05, 3.63) is 0 Å². The zero-order chi connectivity index (χ0) is 104. The molecule has 0 saturated carbocycles. The van der Waals surface area contributed by atoms with E-state index in [0.29, 0.717) is 0 Å². The molecule has 0 aromatic heterocycles. The maximum Gasteiger partial charge on any atom is 0.314 e. The molecule has 0 aliphatic carbocycles. The minimum absolute atomic E-state index is 1.09. The molecule has 0 fully saturated rings. The molecule has 782 valence electrons. The van der Waals surface area contributed by atoms with Gasteiger partial charge in [-0.3, -0.25) is 0 Å². The van der Waals surface area contributed by atoms with Gasteiger partial charge in [0.2, 0.25) is 0 Å². The average molecular weight is 2380 g/mol. The second-order valence-corrected chi connectivity index (χ2v) is 163. The SMILES string of the molecule is CCCC[Si](C)(C)O[Si](C)(C)O[Si](C)(C)O[Si](C)(C)O[Si](C)(C)O[Si](C)(C)O[Si](C)(C)O[Si](C)(C)O[Si](C)(C)O[Si](C)(C)O[Si](C)(C)O[Si](C)(C)O[Si](C)(C)O[Si](C)(C)O[Si](C)(C)O[Si](C)(C)O[Si](C)(C)O[Si](C)(C)O[Si](C)(C)O[Si](C)(C)O[Si](C)(C)O[Si](C)(C)O[Si](C)(C)O[Si](C)(C)O[Si](C)(C)O[Si](C)(C)O[Si](C)(C)O[Si](C)(C)O[Si](C)(C)O[Si](C)(C)O[Si](C)(C)CCC. The second kappa shape index (κ2) is 46.7. The number of hydrogen-bond acceptors (Lipinski definition) is 30. The van der Waals surface area contributed by atoms with E-state index < -0.39 is 265 Å². The molecule has 0 saturated heterocycles. The van der Waals surface area contributed by atoms with Crippen molar-refractivity contribution in [3.63, 3.8) is 0 Å². The fourth-order valence-corrected chi connectivity index (χ4v) is 182. The van der Waals surface area contributed by atoms with Crippen molar-refractivity contribution < 1.29 is 123 Å². The molecule has 0 N–H and O–H groups in total. The van der Waals surface area contributed by atoms with Crippen LogP contribution in [0.3, 0.4) is 0 Å². The molecule has 0 aliphatic heterocycles. The van der Waals surface area contributed by atoms with Crippen molar-refractivity contribution in [2.24, 2.45) is 0 Å². The number of rotatable bonds is 65. The quantitative estimate of drug-likeness (QED) is 0.0512. The highest BCUT2D eigenvalue weighted by Crippen LogP contribution is 2.39. The summed E-state index contributed by atoms with van der Waals surface area (Å²) in [5, 5.41) is 0. The predicted octanol–water partition coefficient (Wildman–Crippen LogP) is 25.5. The number of unbranched alkanes of at least 4 members (excludes halogenated alkanes) is 1. The van der Waals surface area contributed by atoms with Crippen molar-refractivity contribution in [1.29, 1.82) is 0 Å². The lowest BCUT2D eigenvalue weighted by atomic mass is 10.4. The fourth-order valence-electron chi connectivity index (χ4n) is 19.8. The van der Waals surface area contributed by atoms with Crippen molar-refractivity contribution in [3.8, 4) is 0 Å². The minimum atomic E-state index is -2.94. The van der Waals surface area contributed by atoms with Crippen LogP contribution in [-0.4, -0.2) is 265 Å². The third-order valence-corrected chi connectivity index (χ3v) is 139. The Labute approximate surface area is 831 Å². The van der Waals surface area contributed by atoms with Gasteiger partial charge in [0.05, 0.1) is 0 Å². The van der Waals surface area contributed by atoms with Gasteiger partial charge in [-0.05, 0) is 418 Å². The molecule has 0 spiro atoms. The van der Waals surface area contributed by atoms with Gasteiger partial charge in [-0.25, -0.2) is 0 Å². The third kappa shape index (κ3) is 62.0. The summed E-state index contributed by atoms with van der Waals surface area (Å²) in [5.41, 5.74) is 0. The molecule has 130 heavy (non-hydrogen) atoms. The van der Waals surface area contributed by atoms with Crippen LogP contribution in [0.25, 0.3) is 0 Å². The standard InChI is InChI=1S/C69H202O30Si31/c1-65-67-69-101(5,6)71-103(9,10)73-105(13,14)75-107(17,18)77-109(21,22)79-111(25,26)81-113(29,30)83-115(33,34)85-117(37,38)87-119(41,42)89-121(45,46)91-123(49,50)93-125(53,54)95-127(57,58)97-129(61,62)99-130(63,64)98-128(59,60)96-126(55,56)94-124(51,52)92-122(47,48)90-120(43,44)88-118(39,40)86-116(35,36)84-114(31,32)82-112(27,28)80-110(23,24)78-108(19,20)76-106(15,16)74-104(11,12)72-102(7,8)70-100(3,4)68-66-2/h65-69H2,1-64H3. The maximum absolute atomic E-state index is 7.04. The first kappa shape index (κ1) is 136. The summed E-state index contributed by atoms with van der Waals surface area (Å²) in [6.45, 7) is 134.